The number of aliphatic hydroxyl groups is 1. The van der Waals surface area contributed by atoms with Crippen LogP contribution in [-0.2, 0) is 17.9 Å². The summed E-state index contributed by atoms with van der Waals surface area (Å²) in [5.74, 6) is -0.890. The van der Waals surface area contributed by atoms with Crippen LogP contribution in [0.3, 0.4) is 0 Å². The lowest BCUT2D eigenvalue weighted by Gasteiger charge is -2.19. The Kier molecular flexibility index (Phi) is 8.50. The molecule has 0 bridgehead atoms. The minimum Gasteiger partial charge on any atom is -0.382 e. The van der Waals surface area contributed by atoms with Crippen LogP contribution in [0.1, 0.15) is 11.6 Å². The van der Waals surface area contributed by atoms with Crippen LogP contribution < -0.4 is 16.7 Å². The van der Waals surface area contributed by atoms with Crippen LogP contribution in [0.4, 0.5) is 13.2 Å². The molecule has 2 unspecified atom stereocenters. The molecule has 1 heterocycles. The Morgan fingerprint density at radius 2 is 1.80 bits per heavy atom. The standard InChI is InChI=1S/C21H19Cl3F3N5O3/c22-12-6-4-11(5-7-12)19-30-32(20(35)31(19)9-16(33)21(25,26)27)10-17(34)29-15(8-28)13-2-1-3-14(23)18(13)24/h1-7,15-16,33H,8-10,28H2,(H,29,34). The molecule has 2 aromatic carbocycles. The van der Waals surface area contributed by atoms with E-state index in [4.69, 9.17) is 40.5 Å². The first-order valence-electron chi connectivity index (χ1n) is 10.0. The van der Waals surface area contributed by atoms with Crippen molar-refractivity contribution < 1.29 is 23.1 Å². The second-order valence-corrected chi connectivity index (χ2v) is 8.66. The molecule has 3 rings (SSSR count). The van der Waals surface area contributed by atoms with E-state index in [9.17, 15) is 27.9 Å². The first-order valence-corrected chi connectivity index (χ1v) is 11.2. The molecule has 3 aromatic rings. The van der Waals surface area contributed by atoms with Gasteiger partial charge in [0.05, 0.1) is 22.6 Å². The number of halogens is 6. The maximum absolute atomic E-state index is 13.0. The molecule has 1 amide bonds. The number of benzene rings is 2. The first kappa shape index (κ1) is 27.0. The van der Waals surface area contributed by atoms with E-state index in [-0.39, 0.29) is 28.0 Å². The van der Waals surface area contributed by atoms with Gasteiger partial charge in [0.1, 0.15) is 6.54 Å². The Hall–Kier alpha value is -2.57. The van der Waals surface area contributed by atoms with E-state index >= 15 is 0 Å². The summed E-state index contributed by atoms with van der Waals surface area (Å²) in [5, 5.41) is 17.0. The fourth-order valence-electron chi connectivity index (χ4n) is 3.23. The fraction of sp³-hybridized carbons (Fsp3) is 0.286. The van der Waals surface area contributed by atoms with Gasteiger partial charge in [-0.05, 0) is 35.9 Å². The van der Waals surface area contributed by atoms with E-state index < -0.39 is 43.0 Å². The van der Waals surface area contributed by atoms with Gasteiger partial charge in [-0.2, -0.15) is 13.2 Å². The van der Waals surface area contributed by atoms with Crippen LogP contribution >= 0.6 is 34.8 Å². The highest BCUT2D eigenvalue weighted by Gasteiger charge is 2.39. The lowest BCUT2D eigenvalue weighted by Crippen LogP contribution is -2.40. The normalized spacial score (nSPS) is 13.5. The summed E-state index contributed by atoms with van der Waals surface area (Å²) in [7, 11) is 0. The number of alkyl halides is 3. The van der Waals surface area contributed by atoms with Crippen LogP contribution in [0, 0.1) is 0 Å². The Labute approximate surface area is 212 Å². The van der Waals surface area contributed by atoms with Crippen molar-refractivity contribution in [1.29, 1.82) is 0 Å². The number of nitrogens with one attached hydrogen (secondary N) is 1. The third-order valence-corrected chi connectivity index (χ3v) is 6.07. The van der Waals surface area contributed by atoms with Crippen molar-refractivity contribution in [3.63, 3.8) is 0 Å². The molecule has 4 N–H and O–H groups in total. The van der Waals surface area contributed by atoms with E-state index in [0.29, 0.717) is 19.8 Å². The summed E-state index contributed by atoms with van der Waals surface area (Å²) < 4.78 is 40.2. The summed E-state index contributed by atoms with van der Waals surface area (Å²) in [6.45, 7) is -1.81. The number of hydrogen-bond acceptors (Lipinski definition) is 5. The number of amides is 1. The molecule has 0 radical (unpaired) electrons. The number of aromatic nitrogens is 3. The molecular weight excluding hydrogens is 534 g/mol. The Morgan fingerprint density at radius 1 is 1.14 bits per heavy atom. The first-order chi connectivity index (χ1) is 16.4. The monoisotopic (exact) mass is 551 g/mol. The highest BCUT2D eigenvalue weighted by atomic mass is 35.5. The van der Waals surface area contributed by atoms with Gasteiger partial charge >= 0.3 is 11.9 Å². The number of rotatable bonds is 8. The highest BCUT2D eigenvalue weighted by molar-refractivity contribution is 6.42. The van der Waals surface area contributed by atoms with Gasteiger partial charge in [-0.15, -0.1) is 5.10 Å². The number of nitrogens with two attached hydrogens (primary N) is 1. The molecule has 1 aromatic heterocycles. The second kappa shape index (κ2) is 11.0. The molecule has 0 spiro atoms. The summed E-state index contributed by atoms with van der Waals surface area (Å²) in [4.78, 5) is 25.6. The molecular formula is C21H19Cl3F3N5O3. The SMILES string of the molecule is NCC(NC(=O)Cn1nc(-c2ccc(Cl)cc2)n(CC(O)C(F)(F)F)c1=O)c1cccc(Cl)c1Cl. The quantitative estimate of drug-likeness (QED) is 0.396. The molecule has 0 saturated heterocycles. The van der Waals surface area contributed by atoms with Gasteiger partial charge in [-0.25, -0.2) is 9.48 Å². The summed E-state index contributed by atoms with van der Waals surface area (Å²) in [5.41, 5.74) is 5.43. The van der Waals surface area contributed by atoms with Crippen LogP contribution in [0.15, 0.2) is 47.3 Å². The molecule has 0 fully saturated rings. The van der Waals surface area contributed by atoms with Gasteiger partial charge < -0.3 is 16.2 Å². The zero-order valence-electron chi connectivity index (χ0n) is 17.8. The van der Waals surface area contributed by atoms with Crippen molar-refractivity contribution in [2.24, 2.45) is 5.73 Å². The predicted molar refractivity (Wildman–Crippen MR) is 125 cm³/mol. The number of nitrogens with zero attached hydrogens (tertiary/aromatic N) is 3. The van der Waals surface area contributed by atoms with Crippen LogP contribution in [0.5, 0.6) is 0 Å². The van der Waals surface area contributed by atoms with Gasteiger partial charge in [-0.1, -0.05) is 46.9 Å². The van der Waals surface area contributed by atoms with E-state index in [1.807, 2.05) is 0 Å². The van der Waals surface area contributed by atoms with E-state index in [2.05, 4.69) is 10.4 Å². The topological polar surface area (TPSA) is 115 Å². The van der Waals surface area contributed by atoms with Crippen molar-refractivity contribution in [1.82, 2.24) is 19.7 Å². The van der Waals surface area contributed by atoms with Crippen molar-refractivity contribution in [2.45, 2.75) is 31.4 Å². The van der Waals surface area contributed by atoms with Crippen molar-refractivity contribution in [3.8, 4) is 11.4 Å². The van der Waals surface area contributed by atoms with Gasteiger partial charge in [0, 0.05) is 17.1 Å². The molecule has 188 valence electrons. The second-order valence-electron chi connectivity index (χ2n) is 7.44. The average molecular weight is 553 g/mol. The Balaban J connectivity index is 1.91. The minimum atomic E-state index is -4.97. The van der Waals surface area contributed by atoms with Gasteiger partial charge in [0.15, 0.2) is 11.9 Å². The maximum Gasteiger partial charge on any atom is 0.416 e. The van der Waals surface area contributed by atoms with Gasteiger partial charge in [0.2, 0.25) is 5.91 Å². The van der Waals surface area contributed by atoms with E-state index in [0.717, 1.165) is 0 Å². The third-order valence-electron chi connectivity index (χ3n) is 4.98. The third kappa shape index (κ3) is 6.36. The molecule has 0 aliphatic carbocycles. The van der Waals surface area contributed by atoms with E-state index in [1.165, 1.54) is 24.3 Å². The predicted octanol–water partition coefficient (Wildman–Crippen LogP) is 3.41. The van der Waals surface area contributed by atoms with Gasteiger partial charge in [-0.3, -0.25) is 9.36 Å². The zero-order valence-corrected chi connectivity index (χ0v) is 20.0. The smallest absolute Gasteiger partial charge is 0.382 e. The largest absolute Gasteiger partial charge is 0.416 e. The molecule has 14 heteroatoms. The highest BCUT2D eigenvalue weighted by Crippen LogP contribution is 2.29. The molecule has 0 aliphatic rings. The molecule has 0 aliphatic heterocycles. The average Bonchev–Trinajstić information content (AvgIpc) is 3.09. The lowest BCUT2D eigenvalue weighted by molar-refractivity contribution is -0.207. The Bertz CT molecular complexity index is 1260. The Morgan fingerprint density at radius 3 is 2.40 bits per heavy atom. The number of carbonyl (C=O) groups is 1. The number of carbonyl (C=O) groups excluding carboxylic acids is 1. The van der Waals surface area contributed by atoms with Crippen molar-refractivity contribution >= 4 is 40.7 Å². The molecule has 35 heavy (non-hydrogen) atoms. The zero-order chi connectivity index (χ0) is 25.9. The molecule has 0 saturated carbocycles. The van der Waals surface area contributed by atoms with Crippen molar-refractivity contribution in [2.75, 3.05) is 6.54 Å². The number of aliphatic hydroxyl groups excluding tert-OH is 1. The van der Waals surface area contributed by atoms with Crippen molar-refractivity contribution in [3.05, 3.63) is 73.6 Å². The maximum atomic E-state index is 13.0. The summed E-state index contributed by atoms with van der Waals surface area (Å²) >= 11 is 18.1. The van der Waals surface area contributed by atoms with Crippen LogP contribution in [0.25, 0.3) is 11.4 Å². The molecule has 2 atom stereocenters. The minimum absolute atomic E-state index is 0.0526. The molecule has 8 nitrogen and oxygen atoms in total. The fourth-order valence-corrected chi connectivity index (χ4v) is 3.79. The van der Waals surface area contributed by atoms with E-state index in [1.54, 1.807) is 18.2 Å². The van der Waals surface area contributed by atoms with Crippen LogP contribution in [0.2, 0.25) is 15.1 Å². The summed E-state index contributed by atoms with van der Waals surface area (Å²) in [6.07, 6.45) is -7.80. The summed E-state index contributed by atoms with van der Waals surface area (Å²) in [6, 6.07) is 9.83. The van der Waals surface area contributed by atoms with Crippen LogP contribution in [-0.4, -0.2) is 44.2 Å². The lowest BCUT2D eigenvalue weighted by atomic mass is 10.1. The van der Waals surface area contributed by atoms with Gasteiger partial charge in [0.25, 0.3) is 0 Å². The number of hydrogen-bond donors (Lipinski definition) is 3.